The van der Waals surface area contributed by atoms with Crippen molar-refractivity contribution < 1.29 is 40.3 Å². The highest BCUT2D eigenvalue weighted by Gasteiger charge is 2.74. The van der Waals surface area contributed by atoms with E-state index >= 15 is 0 Å². The molecule has 18 heteroatoms. The molecular weight excluding hydrogens is 726 g/mol. The summed E-state index contributed by atoms with van der Waals surface area (Å²) in [5, 5.41) is 12.9. The van der Waals surface area contributed by atoms with E-state index in [0.717, 1.165) is 8.25 Å². The topological polar surface area (TPSA) is 108 Å². The fourth-order valence-electron chi connectivity index (χ4n) is 4.02. The van der Waals surface area contributed by atoms with Gasteiger partial charge in [-0.25, -0.2) is 14.3 Å². The molecule has 0 bridgehead atoms. The van der Waals surface area contributed by atoms with Gasteiger partial charge in [-0.2, -0.15) is 35.8 Å². The zero-order valence-corrected chi connectivity index (χ0v) is 24.8. The lowest BCUT2D eigenvalue weighted by Crippen LogP contribution is -2.50. The Balaban J connectivity index is 1.73. The van der Waals surface area contributed by atoms with E-state index in [4.69, 9.17) is 11.6 Å². The minimum Gasteiger partial charge on any atom is -0.355 e. The van der Waals surface area contributed by atoms with Crippen LogP contribution in [0.5, 0.6) is 0 Å². The third-order valence-corrected chi connectivity index (χ3v) is 7.08. The normalized spacial score (nSPS) is 12.4. The highest BCUT2D eigenvalue weighted by Crippen LogP contribution is 2.51. The minimum absolute atomic E-state index is 0.000237. The molecule has 3 aromatic heterocycles. The van der Waals surface area contributed by atoms with Gasteiger partial charge >= 0.3 is 18.0 Å². The lowest BCUT2D eigenvalue weighted by atomic mass is 9.95. The molecule has 0 fully saturated rings. The molecule has 3 heterocycles. The largest absolute Gasteiger partial charge is 0.460 e. The molecule has 0 spiro atoms. The number of benzene rings is 1. The van der Waals surface area contributed by atoms with E-state index in [2.05, 4.69) is 25.7 Å². The fourth-order valence-corrected chi connectivity index (χ4v) is 5.00. The average molecular weight is 744 g/mol. The van der Waals surface area contributed by atoms with Crippen LogP contribution in [0.3, 0.4) is 0 Å². The van der Waals surface area contributed by atoms with Crippen molar-refractivity contribution in [1.29, 1.82) is 0 Å². The summed E-state index contributed by atoms with van der Waals surface area (Å²) >= 11 is 8.29. The molecule has 228 valence electrons. The van der Waals surface area contributed by atoms with Gasteiger partial charge in [-0.1, -0.05) is 16.8 Å². The summed E-state index contributed by atoms with van der Waals surface area (Å²) < 4.78 is 95.4. The molecule has 1 aromatic carbocycles. The maximum Gasteiger partial charge on any atom is 0.460 e. The first-order chi connectivity index (χ1) is 20.0. The number of Topliss-reactive ketones (excluding diaryl/α,β-unsaturated/α-hetero) is 1. The molecule has 43 heavy (non-hydrogen) atoms. The first kappa shape index (κ1) is 32.3. The Bertz CT molecular complexity index is 1710. The van der Waals surface area contributed by atoms with Gasteiger partial charge < -0.3 is 5.32 Å². The Labute approximate surface area is 256 Å². The number of aryl methyl sites for hydroxylation is 1. The number of aromatic nitrogens is 6. The second kappa shape index (κ2) is 11.8. The summed E-state index contributed by atoms with van der Waals surface area (Å²) in [5.74, 6) is -13.1. The molecule has 0 aliphatic heterocycles. The van der Waals surface area contributed by atoms with E-state index in [0.29, 0.717) is 15.8 Å². The second-order valence-corrected chi connectivity index (χ2v) is 10.8. The SMILES string of the molecule is CNC(=O)c1cc(I)cc(C)c1CC(=O)c1cc(Cn2cc(C(F)(F)C(F)(F)C(F)(F)F)nn2)nn1-c1ncccc1Cl. The van der Waals surface area contributed by atoms with Crippen molar-refractivity contribution in [2.75, 3.05) is 7.05 Å². The van der Waals surface area contributed by atoms with E-state index in [1.165, 1.54) is 31.4 Å². The number of amides is 1. The minimum atomic E-state index is -6.55. The Hall–Kier alpha value is -3.61. The van der Waals surface area contributed by atoms with Crippen molar-refractivity contribution in [3.63, 3.8) is 0 Å². The molecule has 0 radical (unpaired) electrons. The highest BCUT2D eigenvalue weighted by atomic mass is 127. The number of nitrogens with zero attached hydrogens (tertiary/aromatic N) is 6. The van der Waals surface area contributed by atoms with Crippen molar-refractivity contribution >= 4 is 45.9 Å². The molecule has 0 aliphatic carbocycles. The summed E-state index contributed by atoms with van der Waals surface area (Å²) in [6, 6.07) is 7.57. The van der Waals surface area contributed by atoms with Crippen LogP contribution in [0.15, 0.2) is 42.7 Å². The van der Waals surface area contributed by atoms with Crippen molar-refractivity contribution in [3.05, 3.63) is 85.1 Å². The fraction of sp³-hybridized carbons (Fsp3) is 0.280. The standard InChI is InChI=1S/C25H18ClF7IN7O2/c1-12-6-13(34)7-16(22(43)35-2)15(12)9-19(42)18-8-14(38-41(18)21-17(26)4-3-5-36-21)10-40-11-20(37-39-40)23(27,28)24(29,30)25(31,32)33/h3-8,11H,9-10H2,1-2H3,(H,35,43). The average Bonchev–Trinajstić information content (AvgIpc) is 3.57. The predicted octanol–water partition coefficient (Wildman–Crippen LogP) is 5.55. The molecule has 0 saturated heterocycles. The van der Waals surface area contributed by atoms with Crippen LogP contribution in [-0.4, -0.2) is 60.6 Å². The van der Waals surface area contributed by atoms with Crippen LogP contribution in [0.1, 0.15) is 43.4 Å². The third-order valence-electron chi connectivity index (χ3n) is 6.17. The number of rotatable bonds is 9. The van der Waals surface area contributed by atoms with Crippen molar-refractivity contribution in [2.45, 2.75) is 37.9 Å². The van der Waals surface area contributed by atoms with Gasteiger partial charge in [0, 0.05) is 28.8 Å². The number of carbonyl (C=O) groups excluding carboxylic acids is 2. The van der Waals surface area contributed by atoms with Crippen LogP contribution in [0.25, 0.3) is 5.82 Å². The van der Waals surface area contributed by atoms with Gasteiger partial charge in [0.05, 0.1) is 23.5 Å². The lowest BCUT2D eigenvalue weighted by Gasteiger charge is -2.26. The van der Waals surface area contributed by atoms with Gasteiger partial charge in [0.1, 0.15) is 5.69 Å². The molecule has 4 rings (SSSR count). The summed E-state index contributed by atoms with van der Waals surface area (Å²) in [6.45, 7) is 1.15. The number of pyridine rings is 1. The van der Waals surface area contributed by atoms with Gasteiger partial charge in [-0.15, -0.1) is 5.10 Å². The second-order valence-electron chi connectivity index (χ2n) is 9.12. The van der Waals surface area contributed by atoms with Crippen molar-refractivity contribution in [2.24, 2.45) is 0 Å². The van der Waals surface area contributed by atoms with Crippen molar-refractivity contribution in [3.8, 4) is 5.82 Å². The Morgan fingerprint density at radius 3 is 2.42 bits per heavy atom. The third kappa shape index (κ3) is 6.22. The zero-order chi connectivity index (χ0) is 31.9. The number of hydrogen-bond acceptors (Lipinski definition) is 6. The number of ketones is 1. The number of hydrogen-bond donors (Lipinski definition) is 1. The quantitative estimate of drug-likeness (QED) is 0.137. The maximum absolute atomic E-state index is 14.1. The van der Waals surface area contributed by atoms with Crippen LogP contribution >= 0.6 is 34.2 Å². The monoisotopic (exact) mass is 743 g/mol. The van der Waals surface area contributed by atoms with Gasteiger partial charge in [0.2, 0.25) is 0 Å². The van der Waals surface area contributed by atoms with Gasteiger partial charge in [-0.3, -0.25) is 9.59 Å². The Kier molecular flexibility index (Phi) is 8.88. The molecule has 4 aromatic rings. The van der Waals surface area contributed by atoms with Crippen LogP contribution in [0.4, 0.5) is 30.7 Å². The summed E-state index contributed by atoms with van der Waals surface area (Å²) in [7, 11) is 1.43. The van der Waals surface area contributed by atoms with Crippen LogP contribution in [0, 0.1) is 10.5 Å². The first-order valence-electron chi connectivity index (χ1n) is 11.9. The predicted molar refractivity (Wildman–Crippen MR) is 146 cm³/mol. The summed E-state index contributed by atoms with van der Waals surface area (Å²) in [4.78, 5) is 30.3. The molecule has 1 N–H and O–H groups in total. The number of halogens is 9. The first-order valence-corrected chi connectivity index (χ1v) is 13.4. The number of alkyl halides is 7. The van der Waals surface area contributed by atoms with Crippen LogP contribution in [-0.2, 0) is 18.9 Å². The Morgan fingerprint density at radius 2 is 1.79 bits per heavy atom. The van der Waals surface area contributed by atoms with Crippen LogP contribution in [0.2, 0.25) is 5.02 Å². The van der Waals surface area contributed by atoms with E-state index in [-0.39, 0.29) is 40.4 Å². The highest BCUT2D eigenvalue weighted by molar-refractivity contribution is 14.1. The van der Waals surface area contributed by atoms with Crippen LogP contribution < -0.4 is 5.32 Å². The molecule has 0 atom stereocenters. The molecular formula is C25H18ClF7IN7O2. The number of carbonyl (C=O) groups is 2. The Morgan fingerprint density at radius 1 is 1.09 bits per heavy atom. The molecule has 9 nitrogen and oxygen atoms in total. The van der Waals surface area contributed by atoms with E-state index in [9.17, 15) is 40.3 Å². The molecule has 1 amide bonds. The molecule has 0 aliphatic rings. The molecule has 0 unspecified atom stereocenters. The van der Waals surface area contributed by atoms with E-state index in [1.807, 2.05) is 22.6 Å². The van der Waals surface area contributed by atoms with Gasteiger partial charge in [0.25, 0.3) is 5.91 Å². The maximum atomic E-state index is 14.1. The zero-order valence-electron chi connectivity index (χ0n) is 21.9. The van der Waals surface area contributed by atoms with Gasteiger partial charge in [-0.05, 0) is 71.0 Å². The lowest BCUT2D eigenvalue weighted by molar-refractivity contribution is -0.360. The van der Waals surface area contributed by atoms with E-state index in [1.54, 1.807) is 19.1 Å². The molecule has 0 saturated carbocycles. The van der Waals surface area contributed by atoms with Crippen molar-refractivity contribution in [1.82, 2.24) is 35.1 Å². The summed E-state index contributed by atoms with van der Waals surface area (Å²) in [6.07, 6.45) is -5.26. The summed E-state index contributed by atoms with van der Waals surface area (Å²) in [5.41, 5.74) is -0.764. The van der Waals surface area contributed by atoms with E-state index < -0.39 is 42.0 Å². The van der Waals surface area contributed by atoms with Gasteiger partial charge in [0.15, 0.2) is 17.3 Å². The number of nitrogens with one attached hydrogen (secondary N) is 1. The smallest absolute Gasteiger partial charge is 0.355 e.